The van der Waals surface area contributed by atoms with Crippen LogP contribution in [0.3, 0.4) is 0 Å². The van der Waals surface area contributed by atoms with Gasteiger partial charge in [0.25, 0.3) is 0 Å². The summed E-state index contributed by atoms with van der Waals surface area (Å²) < 4.78 is 31.1. The molecule has 0 amide bonds. The fraction of sp³-hybridized carbons (Fsp3) is 0.829. The van der Waals surface area contributed by atoms with Crippen molar-refractivity contribution in [1.82, 2.24) is 0 Å². The third kappa shape index (κ3) is 26.2. The Morgan fingerprint density at radius 2 is 1.02 bits per heavy atom. The zero-order valence-electron chi connectivity index (χ0n) is 26.8. The molecule has 0 aromatic rings. The predicted octanol–water partition coefficient (Wildman–Crippen LogP) is 12.5. The molecule has 236 valence electrons. The molecular weight excluding hydrogens is 515 g/mol. The van der Waals surface area contributed by atoms with E-state index in [0.717, 1.165) is 58.0 Å². The zero-order chi connectivity index (χ0) is 29.4. The Morgan fingerprint density at radius 3 is 1.55 bits per heavy atom. The highest BCUT2D eigenvalue weighted by molar-refractivity contribution is 7.58. The van der Waals surface area contributed by atoms with Gasteiger partial charge in [-0.1, -0.05) is 116 Å². The molecule has 0 saturated carbocycles. The molecule has 0 aromatic carbocycles. The maximum absolute atomic E-state index is 13.6. The van der Waals surface area contributed by atoms with Gasteiger partial charge in [0, 0.05) is 18.5 Å². The molecule has 0 radical (unpaired) electrons. The molecule has 0 aromatic heterocycles. The van der Waals surface area contributed by atoms with E-state index in [1.54, 1.807) is 0 Å². The van der Waals surface area contributed by atoms with Gasteiger partial charge in [-0.3, -0.25) is 4.57 Å². The number of allylic oxidation sites excluding steroid dienone is 4. The van der Waals surface area contributed by atoms with Crippen LogP contribution in [0.4, 0.5) is 0 Å². The normalized spacial score (nSPS) is 13.2. The van der Waals surface area contributed by atoms with Crippen LogP contribution < -0.4 is 0 Å². The third-order valence-electron chi connectivity index (χ3n) is 7.26. The summed E-state index contributed by atoms with van der Waals surface area (Å²) in [4.78, 5) is 0. The lowest BCUT2D eigenvalue weighted by molar-refractivity contribution is 0.129. The molecule has 0 rings (SSSR count). The van der Waals surface area contributed by atoms with Crippen LogP contribution in [0.15, 0.2) is 36.7 Å². The molecule has 0 bridgehead atoms. The van der Waals surface area contributed by atoms with E-state index in [1.807, 2.05) is 6.08 Å². The first-order chi connectivity index (χ1) is 19.6. The van der Waals surface area contributed by atoms with E-state index in [-0.39, 0.29) is 0 Å². The molecule has 0 N–H and O–H groups in total. The van der Waals surface area contributed by atoms with Gasteiger partial charge in [-0.15, -0.1) is 6.58 Å². The predicted molar refractivity (Wildman–Crippen MR) is 176 cm³/mol. The second kappa shape index (κ2) is 31.3. The fourth-order valence-electron chi connectivity index (χ4n) is 4.55. The van der Waals surface area contributed by atoms with Crippen LogP contribution in [0.25, 0.3) is 0 Å². The van der Waals surface area contributed by atoms with Crippen LogP contribution in [0, 0.1) is 0 Å². The Balaban J connectivity index is 4.13. The number of unbranched alkanes of at least 4 members (excludes halogenated alkanes) is 17. The third-order valence-corrected chi connectivity index (χ3v) is 9.31. The molecule has 0 aliphatic heterocycles. The van der Waals surface area contributed by atoms with Gasteiger partial charge in [0.1, 0.15) is 0 Å². The van der Waals surface area contributed by atoms with Crippen molar-refractivity contribution in [2.24, 2.45) is 0 Å². The SMILES string of the molecule is C=CCCCCCCCOP(=O)(OCCCCCCC/C=C/CCCCCCCC)C(=C)CCCOCCCC. The van der Waals surface area contributed by atoms with Crippen molar-refractivity contribution in [3.05, 3.63) is 36.7 Å². The summed E-state index contributed by atoms with van der Waals surface area (Å²) in [5, 5.41) is 0.602. The number of ether oxygens (including phenoxy) is 1. The molecule has 0 heterocycles. The standard InChI is InChI=1S/C35H67O4P/c1-5-8-11-13-15-16-17-18-19-20-21-22-24-26-28-34-39-40(36,35(4)30-29-32-37-31-10-7-3)38-33-27-25-23-14-12-9-6-2/h6,18-19H,2,4-5,7-17,20-34H2,1,3H3/b19-18+. The Hall–Kier alpha value is -0.670. The van der Waals surface area contributed by atoms with Gasteiger partial charge >= 0.3 is 7.60 Å². The molecule has 0 aliphatic rings. The van der Waals surface area contributed by atoms with E-state index in [0.29, 0.717) is 31.6 Å². The van der Waals surface area contributed by atoms with Crippen LogP contribution in [0.1, 0.15) is 162 Å². The molecule has 0 fully saturated rings. The Labute approximate surface area is 250 Å². The minimum atomic E-state index is -3.30. The first kappa shape index (κ1) is 39.3. The molecule has 4 nitrogen and oxygen atoms in total. The Morgan fingerprint density at radius 1 is 0.575 bits per heavy atom. The summed E-state index contributed by atoms with van der Waals surface area (Å²) in [6.07, 6.45) is 33.3. The van der Waals surface area contributed by atoms with Crippen LogP contribution in [-0.2, 0) is 18.3 Å². The van der Waals surface area contributed by atoms with Gasteiger partial charge < -0.3 is 13.8 Å². The van der Waals surface area contributed by atoms with Crippen LogP contribution >= 0.6 is 7.60 Å². The molecule has 40 heavy (non-hydrogen) atoms. The summed E-state index contributed by atoms with van der Waals surface area (Å²) in [5.41, 5.74) is 0. The summed E-state index contributed by atoms with van der Waals surface area (Å²) in [6, 6.07) is 0. The van der Waals surface area contributed by atoms with E-state index in [1.165, 1.54) is 89.9 Å². The summed E-state index contributed by atoms with van der Waals surface area (Å²) in [7, 11) is -3.30. The van der Waals surface area contributed by atoms with Gasteiger partial charge in [0.05, 0.1) is 13.2 Å². The average Bonchev–Trinajstić information content (AvgIpc) is 2.96. The topological polar surface area (TPSA) is 44.8 Å². The van der Waals surface area contributed by atoms with Crippen molar-refractivity contribution in [3.8, 4) is 0 Å². The summed E-state index contributed by atoms with van der Waals surface area (Å²) in [5.74, 6) is 0. The van der Waals surface area contributed by atoms with Gasteiger partial charge in [-0.05, 0) is 70.6 Å². The Bertz CT molecular complexity index is 631. The van der Waals surface area contributed by atoms with Crippen LogP contribution in [0.5, 0.6) is 0 Å². The Kier molecular flexibility index (Phi) is 30.7. The maximum Gasteiger partial charge on any atom is 0.356 e. The largest absolute Gasteiger partial charge is 0.381 e. The summed E-state index contributed by atoms with van der Waals surface area (Å²) in [6.45, 7) is 14.7. The van der Waals surface area contributed by atoms with Gasteiger partial charge in [0.15, 0.2) is 0 Å². The number of rotatable bonds is 33. The lowest BCUT2D eigenvalue weighted by atomic mass is 10.1. The molecule has 1 unspecified atom stereocenters. The molecule has 0 spiro atoms. The number of hydrogen-bond acceptors (Lipinski definition) is 4. The van der Waals surface area contributed by atoms with Crippen LogP contribution in [-0.4, -0.2) is 26.4 Å². The molecule has 5 heteroatoms. The van der Waals surface area contributed by atoms with Crippen molar-refractivity contribution < 1.29 is 18.3 Å². The van der Waals surface area contributed by atoms with Crippen LogP contribution in [0.2, 0.25) is 0 Å². The maximum atomic E-state index is 13.6. The number of hydrogen-bond donors (Lipinski definition) is 0. The second-order valence-electron chi connectivity index (χ2n) is 11.2. The van der Waals surface area contributed by atoms with Crippen molar-refractivity contribution in [2.45, 2.75) is 162 Å². The lowest BCUT2D eigenvalue weighted by Gasteiger charge is -2.21. The van der Waals surface area contributed by atoms with E-state index >= 15 is 0 Å². The van der Waals surface area contributed by atoms with Crippen molar-refractivity contribution >= 4 is 7.60 Å². The second-order valence-corrected chi connectivity index (χ2v) is 13.4. The van der Waals surface area contributed by atoms with Crippen molar-refractivity contribution in [1.29, 1.82) is 0 Å². The van der Waals surface area contributed by atoms with E-state index in [4.69, 9.17) is 13.8 Å². The highest BCUT2D eigenvalue weighted by atomic mass is 31.2. The van der Waals surface area contributed by atoms with Gasteiger partial charge in [-0.2, -0.15) is 0 Å². The highest BCUT2D eigenvalue weighted by Gasteiger charge is 2.28. The van der Waals surface area contributed by atoms with E-state index in [9.17, 15) is 4.57 Å². The lowest BCUT2D eigenvalue weighted by Crippen LogP contribution is -2.03. The molecule has 1 atom stereocenters. The first-order valence-corrected chi connectivity index (χ1v) is 18.6. The van der Waals surface area contributed by atoms with E-state index < -0.39 is 7.60 Å². The smallest absolute Gasteiger partial charge is 0.356 e. The molecule has 0 aliphatic carbocycles. The molecular formula is C35H67O4P. The minimum absolute atomic E-state index is 0.469. The van der Waals surface area contributed by atoms with Crippen molar-refractivity contribution in [3.63, 3.8) is 0 Å². The quantitative estimate of drug-likeness (QED) is 0.0438. The average molecular weight is 583 g/mol. The zero-order valence-corrected chi connectivity index (χ0v) is 27.7. The molecule has 0 saturated heterocycles. The monoisotopic (exact) mass is 582 g/mol. The minimum Gasteiger partial charge on any atom is -0.381 e. The first-order valence-electron chi connectivity index (χ1n) is 17.0. The fourth-order valence-corrected chi connectivity index (χ4v) is 6.16. The summed E-state index contributed by atoms with van der Waals surface area (Å²) >= 11 is 0. The van der Waals surface area contributed by atoms with Crippen molar-refractivity contribution in [2.75, 3.05) is 26.4 Å². The van der Waals surface area contributed by atoms with Gasteiger partial charge in [-0.25, -0.2) is 0 Å². The van der Waals surface area contributed by atoms with E-state index in [2.05, 4.69) is 39.2 Å². The van der Waals surface area contributed by atoms with Gasteiger partial charge in [0.2, 0.25) is 0 Å². The highest BCUT2D eigenvalue weighted by Crippen LogP contribution is 2.57.